The lowest BCUT2D eigenvalue weighted by Gasteiger charge is -2.15. The maximum Gasteiger partial charge on any atom is 0.335 e. The van der Waals surface area contributed by atoms with Crippen LogP contribution in [0.4, 0.5) is 0 Å². The van der Waals surface area contributed by atoms with E-state index >= 15 is 0 Å². The molecular formula is C19H21NO4. The second-order valence-electron chi connectivity index (χ2n) is 5.55. The molecule has 2 aromatic carbocycles. The van der Waals surface area contributed by atoms with Crippen LogP contribution in [-0.2, 0) is 11.2 Å². The highest BCUT2D eigenvalue weighted by Gasteiger charge is 2.08. The third-order valence-corrected chi connectivity index (χ3v) is 3.51. The van der Waals surface area contributed by atoms with Crippen LogP contribution in [0.25, 0.3) is 0 Å². The Bertz CT molecular complexity index is 668. The number of hydrogen-bond donors (Lipinski definition) is 2. The van der Waals surface area contributed by atoms with E-state index < -0.39 is 5.97 Å². The number of para-hydroxylation sites is 1. The highest BCUT2D eigenvalue weighted by molar-refractivity contribution is 5.87. The molecule has 2 rings (SSSR count). The molecule has 1 atom stereocenters. The first-order valence-electron chi connectivity index (χ1n) is 7.85. The van der Waals surface area contributed by atoms with Crippen molar-refractivity contribution in [3.05, 3.63) is 65.7 Å². The van der Waals surface area contributed by atoms with E-state index in [4.69, 9.17) is 9.84 Å². The Morgan fingerprint density at radius 1 is 1.08 bits per heavy atom. The third-order valence-electron chi connectivity index (χ3n) is 3.51. The van der Waals surface area contributed by atoms with Crippen molar-refractivity contribution in [2.75, 3.05) is 6.54 Å². The molecule has 0 saturated carbocycles. The molecule has 126 valence electrons. The van der Waals surface area contributed by atoms with E-state index in [1.54, 1.807) is 24.3 Å². The van der Waals surface area contributed by atoms with Crippen molar-refractivity contribution < 1.29 is 19.4 Å². The molecule has 0 aromatic heterocycles. The van der Waals surface area contributed by atoms with Gasteiger partial charge in [-0.2, -0.15) is 0 Å². The highest BCUT2D eigenvalue weighted by Crippen LogP contribution is 2.10. The first kappa shape index (κ1) is 17.5. The van der Waals surface area contributed by atoms with Gasteiger partial charge in [-0.1, -0.05) is 30.3 Å². The quantitative estimate of drug-likeness (QED) is 0.782. The molecule has 5 nitrogen and oxygen atoms in total. The third kappa shape index (κ3) is 5.76. The number of carboxylic acid groups (broad SMARTS) is 1. The number of aryl methyl sites for hydroxylation is 1. The maximum atomic E-state index is 11.9. The van der Waals surface area contributed by atoms with Crippen LogP contribution in [0.1, 0.15) is 29.3 Å². The van der Waals surface area contributed by atoms with Crippen molar-refractivity contribution in [1.29, 1.82) is 0 Å². The molecule has 0 aliphatic rings. The number of ether oxygens (including phenoxy) is 1. The van der Waals surface area contributed by atoms with Gasteiger partial charge in [0.2, 0.25) is 5.91 Å². The van der Waals surface area contributed by atoms with Crippen molar-refractivity contribution in [2.45, 2.75) is 25.9 Å². The number of aromatic carboxylic acids is 1. The maximum absolute atomic E-state index is 11.9. The molecule has 0 fully saturated rings. The van der Waals surface area contributed by atoms with E-state index in [0.29, 0.717) is 19.4 Å². The van der Waals surface area contributed by atoms with E-state index in [1.807, 2.05) is 37.3 Å². The van der Waals surface area contributed by atoms with Crippen LogP contribution in [0.2, 0.25) is 0 Å². The van der Waals surface area contributed by atoms with Gasteiger partial charge in [0.05, 0.1) is 12.1 Å². The number of benzene rings is 2. The summed E-state index contributed by atoms with van der Waals surface area (Å²) in [5.41, 5.74) is 1.18. The Balaban J connectivity index is 1.70. The fourth-order valence-electron chi connectivity index (χ4n) is 2.19. The number of nitrogens with one attached hydrogen (secondary N) is 1. The zero-order valence-electron chi connectivity index (χ0n) is 13.6. The molecule has 2 N–H and O–H groups in total. The van der Waals surface area contributed by atoms with Gasteiger partial charge in [0, 0.05) is 6.42 Å². The van der Waals surface area contributed by atoms with Crippen molar-refractivity contribution in [2.24, 2.45) is 0 Å². The van der Waals surface area contributed by atoms with Gasteiger partial charge in [-0.15, -0.1) is 0 Å². The topological polar surface area (TPSA) is 75.6 Å². The summed E-state index contributed by atoms with van der Waals surface area (Å²) in [6, 6.07) is 16.0. The van der Waals surface area contributed by atoms with Gasteiger partial charge in [0.1, 0.15) is 11.9 Å². The van der Waals surface area contributed by atoms with Crippen LogP contribution in [0.5, 0.6) is 5.75 Å². The lowest BCUT2D eigenvalue weighted by Crippen LogP contribution is -2.33. The Hall–Kier alpha value is -2.82. The minimum absolute atomic E-state index is 0.0548. The molecule has 0 saturated heterocycles. The molecule has 0 bridgehead atoms. The van der Waals surface area contributed by atoms with Crippen molar-refractivity contribution >= 4 is 11.9 Å². The van der Waals surface area contributed by atoms with Gasteiger partial charge in [-0.3, -0.25) is 4.79 Å². The summed E-state index contributed by atoms with van der Waals surface area (Å²) in [6.45, 7) is 2.34. The lowest BCUT2D eigenvalue weighted by molar-refractivity contribution is -0.121. The number of rotatable bonds is 8. The van der Waals surface area contributed by atoms with Crippen LogP contribution in [-0.4, -0.2) is 29.6 Å². The summed E-state index contributed by atoms with van der Waals surface area (Å²) in [7, 11) is 0. The molecule has 0 aliphatic carbocycles. The molecule has 0 radical (unpaired) electrons. The average Bonchev–Trinajstić information content (AvgIpc) is 2.59. The summed E-state index contributed by atoms with van der Waals surface area (Å²) >= 11 is 0. The molecular weight excluding hydrogens is 306 g/mol. The number of carbonyl (C=O) groups excluding carboxylic acids is 1. The lowest BCUT2D eigenvalue weighted by atomic mass is 10.1. The van der Waals surface area contributed by atoms with Crippen LogP contribution < -0.4 is 10.1 Å². The van der Waals surface area contributed by atoms with Crippen molar-refractivity contribution in [3.8, 4) is 5.75 Å². The van der Waals surface area contributed by atoms with Gasteiger partial charge < -0.3 is 15.2 Å². The summed E-state index contributed by atoms with van der Waals surface area (Å²) in [4.78, 5) is 22.7. The smallest absolute Gasteiger partial charge is 0.335 e. The number of carbonyl (C=O) groups is 2. The van der Waals surface area contributed by atoms with Crippen LogP contribution in [0.15, 0.2) is 54.6 Å². The Kier molecular flexibility index (Phi) is 6.37. The summed E-state index contributed by atoms with van der Waals surface area (Å²) in [5.74, 6) is -0.231. The van der Waals surface area contributed by atoms with E-state index in [0.717, 1.165) is 11.3 Å². The Labute approximate surface area is 141 Å². The second kappa shape index (κ2) is 8.72. The van der Waals surface area contributed by atoms with E-state index in [2.05, 4.69) is 5.32 Å². The van der Waals surface area contributed by atoms with E-state index in [1.165, 1.54) is 0 Å². The summed E-state index contributed by atoms with van der Waals surface area (Å²) in [5, 5.41) is 11.7. The first-order valence-corrected chi connectivity index (χ1v) is 7.85. The molecule has 24 heavy (non-hydrogen) atoms. The van der Waals surface area contributed by atoms with Crippen LogP contribution in [0, 0.1) is 0 Å². The normalized spacial score (nSPS) is 11.5. The van der Waals surface area contributed by atoms with Crippen LogP contribution >= 0.6 is 0 Å². The van der Waals surface area contributed by atoms with Gasteiger partial charge >= 0.3 is 5.97 Å². The second-order valence-corrected chi connectivity index (χ2v) is 5.55. The molecule has 0 spiro atoms. The minimum Gasteiger partial charge on any atom is -0.489 e. The molecule has 2 aromatic rings. The fraction of sp³-hybridized carbons (Fsp3) is 0.263. The largest absolute Gasteiger partial charge is 0.489 e. The van der Waals surface area contributed by atoms with Crippen molar-refractivity contribution in [1.82, 2.24) is 5.32 Å². The highest BCUT2D eigenvalue weighted by atomic mass is 16.5. The zero-order valence-corrected chi connectivity index (χ0v) is 13.6. The average molecular weight is 327 g/mol. The monoisotopic (exact) mass is 327 g/mol. The van der Waals surface area contributed by atoms with Crippen molar-refractivity contribution in [3.63, 3.8) is 0 Å². The zero-order chi connectivity index (χ0) is 17.4. The predicted octanol–water partition coefficient (Wildman–Crippen LogP) is 2.90. The standard InChI is InChI=1S/C19H21NO4/c1-14(24-17-5-3-2-4-6-17)13-20-18(21)12-9-15-7-10-16(11-8-15)19(22)23/h2-8,10-11,14H,9,12-13H2,1H3,(H,20,21)(H,22,23). The minimum atomic E-state index is -0.952. The van der Waals surface area contributed by atoms with E-state index in [9.17, 15) is 9.59 Å². The number of amides is 1. The predicted molar refractivity (Wildman–Crippen MR) is 91.3 cm³/mol. The molecule has 0 aliphatic heterocycles. The number of carboxylic acids is 1. The molecule has 1 amide bonds. The number of hydrogen-bond acceptors (Lipinski definition) is 3. The van der Waals surface area contributed by atoms with Crippen LogP contribution in [0.3, 0.4) is 0 Å². The van der Waals surface area contributed by atoms with Gasteiger partial charge in [-0.25, -0.2) is 4.79 Å². The molecule has 5 heteroatoms. The summed E-state index contributed by atoms with van der Waals surface area (Å²) < 4.78 is 5.69. The molecule has 0 heterocycles. The Morgan fingerprint density at radius 2 is 1.75 bits per heavy atom. The van der Waals surface area contributed by atoms with Gasteiger partial charge in [0.15, 0.2) is 0 Å². The fourth-order valence-corrected chi connectivity index (χ4v) is 2.19. The SMILES string of the molecule is CC(CNC(=O)CCc1ccc(C(=O)O)cc1)Oc1ccccc1. The molecule has 1 unspecified atom stereocenters. The van der Waals surface area contributed by atoms with E-state index in [-0.39, 0.29) is 17.6 Å². The van der Waals surface area contributed by atoms with Gasteiger partial charge in [-0.05, 0) is 43.2 Å². The Morgan fingerprint density at radius 3 is 2.38 bits per heavy atom. The summed E-state index contributed by atoms with van der Waals surface area (Å²) in [6.07, 6.45) is 0.802. The first-order chi connectivity index (χ1) is 11.5. The van der Waals surface area contributed by atoms with Gasteiger partial charge in [0.25, 0.3) is 0 Å².